The van der Waals surface area contributed by atoms with E-state index in [4.69, 9.17) is 0 Å². The Morgan fingerprint density at radius 3 is 2.00 bits per heavy atom. The lowest BCUT2D eigenvalue weighted by atomic mass is 9.74. The molecule has 0 amide bonds. The number of carboxylic acid groups (broad SMARTS) is 1. The van der Waals surface area contributed by atoms with Gasteiger partial charge in [-0.3, -0.25) is 10.1 Å². The van der Waals surface area contributed by atoms with Gasteiger partial charge in [-0.15, -0.1) is 0 Å². The van der Waals surface area contributed by atoms with Crippen molar-refractivity contribution in [3.63, 3.8) is 0 Å². The van der Waals surface area contributed by atoms with E-state index in [1.165, 1.54) is 6.07 Å². The molecule has 0 radical (unpaired) electrons. The molecule has 0 heterocycles. The molecule has 5 nitrogen and oxygen atoms in total. The van der Waals surface area contributed by atoms with Gasteiger partial charge in [0.25, 0.3) is 5.69 Å². The first-order valence-electron chi connectivity index (χ1n) is 10.2. The molecule has 0 saturated heterocycles. The van der Waals surface area contributed by atoms with Crippen molar-refractivity contribution in [2.24, 2.45) is 0 Å². The minimum Gasteiger partial charge on any atom is -0.478 e. The maximum absolute atomic E-state index is 12.2. The van der Waals surface area contributed by atoms with Gasteiger partial charge in [-0.05, 0) is 47.9 Å². The average molecular weight is 401 g/mol. The summed E-state index contributed by atoms with van der Waals surface area (Å²) < 4.78 is 0. The first-order chi connectivity index (χ1) is 14.5. The van der Waals surface area contributed by atoms with Gasteiger partial charge in [-0.1, -0.05) is 67.1 Å². The summed E-state index contributed by atoms with van der Waals surface area (Å²) in [5.41, 5.74) is 3.83. The molecule has 5 heteroatoms. The summed E-state index contributed by atoms with van der Waals surface area (Å²) in [6.07, 6.45) is 3.44. The van der Waals surface area contributed by atoms with Crippen LogP contribution in [0.2, 0.25) is 0 Å². The van der Waals surface area contributed by atoms with E-state index in [-0.39, 0.29) is 22.1 Å². The van der Waals surface area contributed by atoms with Crippen LogP contribution in [0.15, 0.2) is 66.7 Å². The number of carboxylic acids is 1. The maximum Gasteiger partial charge on any atom is 0.336 e. The smallest absolute Gasteiger partial charge is 0.336 e. The summed E-state index contributed by atoms with van der Waals surface area (Å²) >= 11 is 0. The van der Waals surface area contributed by atoms with Gasteiger partial charge in [0.05, 0.1) is 10.5 Å². The Bertz CT molecular complexity index is 1070. The summed E-state index contributed by atoms with van der Waals surface area (Å²) in [5, 5.41) is 22.2. The van der Waals surface area contributed by atoms with Crippen LogP contribution >= 0.6 is 0 Å². The van der Waals surface area contributed by atoms with Gasteiger partial charge in [0, 0.05) is 17.5 Å². The summed E-state index contributed by atoms with van der Waals surface area (Å²) in [6, 6.07) is 20.6. The fourth-order valence-corrected chi connectivity index (χ4v) is 4.27. The number of rotatable bonds is 7. The lowest BCUT2D eigenvalue weighted by Crippen LogP contribution is -2.19. The molecule has 3 aromatic rings. The fourth-order valence-electron chi connectivity index (χ4n) is 4.27. The topological polar surface area (TPSA) is 80.4 Å². The number of hydrogen-bond acceptors (Lipinski definition) is 3. The Balaban J connectivity index is 1.93. The molecule has 1 aliphatic carbocycles. The van der Waals surface area contributed by atoms with E-state index in [1.807, 2.05) is 60.7 Å². The second-order valence-electron chi connectivity index (χ2n) is 7.84. The second kappa shape index (κ2) is 8.49. The summed E-state index contributed by atoms with van der Waals surface area (Å²) in [4.78, 5) is 24.1. The van der Waals surface area contributed by atoms with E-state index in [2.05, 4.69) is 0 Å². The van der Waals surface area contributed by atoms with Crippen LogP contribution in [0.3, 0.4) is 0 Å². The predicted molar refractivity (Wildman–Crippen MR) is 115 cm³/mol. The highest BCUT2D eigenvalue weighted by molar-refractivity contribution is 5.91. The minimum atomic E-state index is -1.04. The van der Waals surface area contributed by atoms with Crippen LogP contribution in [0.5, 0.6) is 0 Å². The van der Waals surface area contributed by atoms with Crippen molar-refractivity contribution in [3.8, 4) is 0 Å². The van der Waals surface area contributed by atoms with Crippen LogP contribution in [-0.4, -0.2) is 16.0 Å². The molecule has 30 heavy (non-hydrogen) atoms. The van der Waals surface area contributed by atoms with Crippen molar-refractivity contribution >= 4 is 11.7 Å². The lowest BCUT2D eigenvalue weighted by molar-refractivity contribution is -0.386. The molecule has 0 unspecified atom stereocenters. The lowest BCUT2D eigenvalue weighted by Gasteiger charge is -2.29. The van der Waals surface area contributed by atoms with Gasteiger partial charge in [0.1, 0.15) is 0 Å². The number of nitro benzene ring substituents is 1. The van der Waals surface area contributed by atoms with Crippen LogP contribution < -0.4 is 0 Å². The molecule has 0 aromatic heterocycles. The zero-order valence-corrected chi connectivity index (χ0v) is 16.6. The van der Waals surface area contributed by atoms with Crippen molar-refractivity contribution in [1.29, 1.82) is 0 Å². The van der Waals surface area contributed by atoms with Gasteiger partial charge < -0.3 is 5.11 Å². The monoisotopic (exact) mass is 401 g/mol. The zero-order valence-electron chi connectivity index (χ0n) is 16.6. The fraction of sp³-hybridized carbons (Fsp3) is 0.240. The van der Waals surface area contributed by atoms with Crippen LogP contribution in [-0.2, 0) is 12.8 Å². The Kier molecular flexibility index (Phi) is 5.61. The quantitative estimate of drug-likeness (QED) is 0.404. The number of carbonyl (C=O) groups is 1. The highest BCUT2D eigenvalue weighted by Crippen LogP contribution is 2.46. The highest BCUT2D eigenvalue weighted by Gasteiger charge is 2.35. The third-order valence-electron chi connectivity index (χ3n) is 5.92. The normalized spacial score (nSPS) is 13.6. The van der Waals surface area contributed by atoms with E-state index >= 15 is 0 Å². The molecular formula is C25H23NO4. The largest absolute Gasteiger partial charge is 0.478 e. The molecular weight excluding hydrogens is 378 g/mol. The zero-order chi connectivity index (χ0) is 21.1. The Morgan fingerprint density at radius 2 is 1.53 bits per heavy atom. The van der Waals surface area contributed by atoms with Crippen molar-refractivity contribution < 1.29 is 14.8 Å². The minimum absolute atomic E-state index is 0.0398. The molecule has 0 atom stereocenters. The third-order valence-corrected chi connectivity index (χ3v) is 5.92. The molecule has 3 aromatic carbocycles. The highest BCUT2D eigenvalue weighted by atomic mass is 16.6. The number of hydrogen-bond donors (Lipinski definition) is 1. The van der Waals surface area contributed by atoms with Crippen LogP contribution in [0.1, 0.15) is 63.4 Å². The molecule has 1 N–H and O–H groups in total. The first-order valence-corrected chi connectivity index (χ1v) is 10.2. The Labute approximate surface area is 175 Å². The second-order valence-corrected chi connectivity index (χ2v) is 7.84. The molecule has 1 fully saturated rings. The van der Waals surface area contributed by atoms with Crippen LogP contribution in [0, 0.1) is 10.1 Å². The molecule has 1 aliphatic rings. The van der Waals surface area contributed by atoms with Crippen LogP contribution in [0.25, 0.3) is 0 Å². The van der Waals surface area contributed by atoms with Crippen LogP contribution in [0.4, 0.5) is 5.69 Å². The van der Waals surface area contributed by atoms with Gasteiger partial charge in [0.2, 0.25) is 0 Å². The third kappa shape index (κ3) is 3.96. The molecule has 0 bridgehead atoms. The molecule has 152 valence electrons. The van der Waals surface area contributed by atoms with E-state index in [0.717, 1.165) is 30.4 Å². The number of nitrogens with zero attached hydrogens (tertiary/aromatic N) is 1. The van der Waals surface area contributed by atoms with Gasteiger partial charge in [-0.2, -0.15) is 0 Å². The van der Waals surface area contributed by atoms with Crippen molar-refractivity contribution in [3.05, 3.63) is 110 Å². The van der Waals surface area contributed by atoms with Crippen molar-refractivity contribution in [2.75, 3.05) is 0 Å². The Morgan fingerprint density at radius 1 is 0.967 bits per heavy atom. The van der Waals surface area contributed by atoms with Crippen molar-refractivity contribution in [2.45, 2.75) is 38.0 Å². The van der Waals surface area contributed by atoms with E-state index in [1.54, 1.807) is 0 Å². The summed E-state index contributed by atoms with van der Waals surface area (Å²) in [6.45, 7) is 0. The maximum atomic E-state index is 12.2. The van der Waals surface area contributed by atoms with Gasteiger partial charge >= 0.3 is 5.97 Å². The molecule has 0 spiro atoms. The standard InChI is InChI=1S/C25H23NO4/c27-25(28)22-16-20(14-17-8-3-1-4-9-17)24(26(29)30)23(19-12-7-13-19)21(22)15-18-10-5-2-6-11-18/h1-6,8-11,16,19H,7,12-15H2,(H,27,28). The average Bonchev–Trinajstić information content (AvgIpc) is 2.69. The number of aromatic carboxylic acids is 1. The summed E-state index contributed by atoms with van der Waals surface area (Å²) in [7, 11) is 0. The predicted octanol–water partition coefficient (Wildman–Crippen LogP) is 5.74. The molecule has 4 rings (SSSR count). The van der Waals surface area contributed by atoms with Gasteiger partial charge in [0.15, 0.2) is 0 Å². The van der Waals surface area contributed by atoms with Crippen molar-refractivity contribution in [1.82, 2.24) is 0 Å². The SMILES string of the molecule is O=C(O)c1cc(Cc2ccccc2)c([N+](=O)[O-])c(C2CCC2)c1Cc1ccccc1. The van der Waals surface area contributed by atoms with E-state index in [0.29, 0.717) is 29.5 Å². The van der Waals surface area contributed by atoms with E-state index in [9.17, 15) is 20.0 Å². The number of benzene rings is 3. The molecule has 0 aliphatic heterocycles. The van der Waals surface area contributed by atoms with Gasteiger partial charge in [-0.25, -0.2) is 4.79 Å². The van der Waals surface area contributed by atoms with E-state index < -0.39 is 5.97 Å². The summed E-state index contributed by atoms with van der Waals surface area (Å²) in [5.74, 6) is -0.997. The number of nitro groups is 1. The Hall–Kier alpha value is -3.47. The first kappa shape index (κ1) is 19.8. The molecule has 1 saturated carbocycles.